The Morgan fingerprint density at radius 1 is 0.950 bits per heavy atom. The Labute approximate surface area is 118 Å². The van der Waals surface area contributed by atoms with E-state index in [0.717, 1.165) is 30.9 Å². The fraction of sp³-hybridized carbons (Fsp3) is 0.222. The van der Waals surface area contributed by atoms with Gasteiger partial charge in [-0.25, -0.2) is 8.78 Å². The Morgan fingerprint density at radius 2 is 1.70 bits per heavy atom. The number of hydrogen-bond donors (Lipinski definition) is 0. The molecule has 2 aromatic carbocycles. The van der Waals surface area contributed by atoms with Crippen molar-refractivity contribution in [3.63, 3.8) is 0 Å². The van der Waals surface area contributed by atoms with Crippen LogP contribution < -0.4 is 0 Å². The van der Waals surface area contributed by atoms with E-state index in [1.807, 2.05) is 24.3 Å². The highest BCUT2D eigenvalue weighted by atomic mass is 19.1. The van der Waals surface area contributed by atoms with Crippen molar-refractivity contribution in [1.29, 1.82) is 0 Å². The Morgan fingerprint density at radius 3 is 2.35 bits per heavy atom. The number of benzene rings is 2. The van der Waals surface area contributed by atoms with Crippen LogP contribution in [0.2, 0.25) is 0 Å². The predicted molar refractivity (Wildman–Crippen MR) is 79.5 cm³/mol. The van der Waals surface area contributed by atoms with Crippen LogP contribution in [0, 0.1) is 11.6 Å². The van der Waals surface area contributed by atoms with E-state index >= 15 is 0 Å². The molecule has 0 aliphatic rings. The summed E-state index contributed by atoms with van der Waals surface area (Å²) in [6, 6.07) is 11.4. The van der Waals surface area contributed by atoms with Crippen LogP contribution in [0.5, 0.6) is 0 Å². The van der Waals surface area contributed by atoms with Crippen molar-refractivity contribution < 1.29 is 8.78 Å². The highest BCUT2D eigenvalue weighted by Gasteiger charge is 2.06. The zero-order valence-corrected chi connectivity index (χ0v) is 11.6. The Kier molecular flexibility index (Phi) is 5.05. The minimum absolute atomic E-state index is 0.434. The van der Waals surface area contributed by atoms with Crippen LogP contribution in [0.4, 0.5) is 8.78 Å². The predicted octanol–water partition coefficient (Wildman–Crippen LogP) is 5.53. The van der Waals surface area contributed by atoms with Gasteiger partial charge in [0.2, 0.25) is 0 Å². The highest BCUT2D eigenvalue weighted by Crippen LogP contribution is 2.24. The van der Waals surface area contributed by atoms with Crippen LogP contribution in [0.3, 0.4) is 0 Å². The highest BCUT2D eigenvalue weighted by molar-refractivity contribution is 5.64. The van der Waals surface area contributed by atoms with Gasteiger partial charge in [-0.15, -0.1) is 0 Å². The third-order valence-corrected chi connectivity index (χ3v) is 3.20. The largest absolute Gasteiger partial charge is 0.207 e. The van der Waals surface area contributed by atoms with Crippen molar-refractivity contribution in [2.45, 2.75) is 26.2 Å². The van der Waals surface area contributed by atoms with Gasteiger partial charge in [-0.1, -0.05) is 43.3 Å². The summed E-state index contributed by atoms with van der Waals surface area (Å²) < 4.78 is 26.6. The summed E-state index contributed by atoms with van der Waals surface area (Å²) in [4.78, 5) is 0. The second kappa shape index (κ2) is 6.99. The first kappa shape index (κ1) is 14.4. The summed E-state index contributed by atoms with van der Waals surface area (Å²) in [6.45, 7) is 2.11. The maximum Gasteiger partial charge on any atom is 0.133 e. The third-order valence-electron chi connectivity index (χ3n) is 3.20. The van der Waals surface area contributed by atoms with Gasteiger partial charge in [-0.05, 0) is 42.5 Å². The molecule has 0 atom stereocenters. The van der Waals surface area contributed by atoms with Crippen LogP contribution in [-0.4, -0.2) is 0 Å². The standard InChI is InChI=1S/C18H18F2/c1-2-3-4-5-6-14-7-9-15(10-8-14)17-12-11-16(19)13-18(17)20/h3-4,7-13H,2,5-6H2,1H3/b4-3+. The fourth-order valence-electron chi connectivity index (χ4n) is 2.11. The van der Waals surface area contributed by atoms with E-state index < -0.39 is 11.6 Å². The van der Waals surface area contributed by atoms with E-state index in [2.05, 4.69) is 19.1 Å². The Bertz CT molecular complexity index is 583. The molecule has 2 aromatic rings. The van der Waals surface area contributed by atoms with Gasteiger partial charge in [0.15, 0.2) is 0 Å². The maximum atomic E-state index is 13.7. The topological polar surface area (TPSA) is 0 Å². The molecule has 0 nitrogen and oxygen atoms in total. The molecule has 0 N–H and O–H groups in total. The molecule has 0 radical (unpaired) electrons. The molecular weight excluding hydrogens is 254 g/mol. The fourth-order valence-corrected chi connectivity index (χ4v) is 2.11. The van der Waals surface area contributed by atoms with Gasteiger partial charge in [-0.2, -0.15) is 0 Å². The second-order valence-corrected chi connectivity index (χ2v) is 4.74. The number of allylic oxidation sites excluding steroid dienone is 2. The zero-order valence-electron chi connectivity index (χ0n) is 11.6. The molecule has 2 heteroatoms. The van der Waals surface area contributed by atoms with Gasteiger partial charge in [0.1, 0.15) is 11.6 Å². The average Bonchev–Trinajstić information content (AvgIpc) is 2.45. The van der Waals surface area contributed by atoms with Gasteiger partial charge in [-0.3, -0.25) is 0 Å². The summed E-state index contributed by atoms with van der Waals surface area (Å²) in [5, 5.41) is 0. The lowest BCUT2D eigenvalue weighted by molar-refractivity contribution is 0.585. The maximum absolute atomic E-state index is 13.7. The van der Waals surface area contributed by atoms with Crippen LogP contribution in [-0.2, 0) is 6.42 Å². The molecule has 0 unspecified atom stereocenters. The Balaban J connectivity index is 2.09. The molecule has 0 fully saturated rings. The van der Waals surface area contributed by atoms with Crippen molar-refractivity contribution >= 4 is 0 Å². The number of hydrogen-bond acceptors (Lipinski definition) is 0. The lowest BCUT2D eigenvalue weighted by Gasteiger charge is -2.05. The van der Waals surface area contributed by atoms with Crippen molar-refractivity contribution in [3.05, 3.63) is 71.8 Å². The second-order valence-electron chi connectivity index (χ2n) is 4.74. The summed E-state index contributed by atoms with van der Waals surface area (Å²) in [5.41, 5.74) is 2.43. The van der Waals surface area contributed by atoms with Gasteiger partial charge in [0.05, 0.1) is 0 Å². The molecule has 0 saturated carbocycles. The molecule has 0 saturated heterocycles. The lowest BCUT2D eigenvalue weighted by Crippen LogP contribution is -1.88. The molecule has 0 bridgehead atoms. The van der Waals surface area contributed by atoms with Crippen LogP contribution in [0.25, 0.3) is 11.1 Å². The van der Waals surface area contributed by atoms with E-state index in [4.69, 9.17) is 0 Å². The minimum atomic E-state index is -0.550. The first-order chi connectivity index (χ1) is 9.70. The van der Waals surface area contributed by atoms with E-state index in [1.54, 1.807) is 0 Å². The van der Waals surface area contributed by atoms with Crippen molar-refractivity contribution in [2.24, 2.45) is 0 Å². The van der Waals surface area contributed by atoms with E-state index in [0.29, 0.717) is 5.56 Å². The van der Waals surface area contributed by atoms with Crippen LogP contribution in [0.15, 0.2) is 54.6 Å². The third kappa shape index (κ3) is 3.77. The van der Waals surface area contributed by atoms with E-state index in [9.17, 15) is 8.78 Å². The normalized spacial score (nSPS) is 11.2. The van der Waals surface area contributed by atoms with Gasteiger partial charge < -0.3 is 0 Å². The first-order valence-electron chi connectivity index (χ1n) is 6.90. The molecule has 0 aromatic heterocycles. The minimum Gasteiger partial charge on any atom is -0.207 e. The molecule has 20 heavy (non-hydrogen) atoms. The van der Waals surface area contributed by atoms with Crippen LogP contribution >= 0.6 is 0 Å². The summed E-state index contributed by atoms with van der Waals surface area (Å²) in [6.07, 6.45) is 7.37. The lowest BCUT2D eigenvalue weighted by atomic mass is 10.0. The Hall–Kier alpha value is -1.96. The summed E-state index contributed by atoms with van der Waals surface area (Å²) >= 11 is 0. The molecular formula is C18H18F2. The smallest absolute Gasteiger partial charge is 0.133 e. The molecule has 0 aliphatic carbocycles. The molecule has 0 spiro atoms. The summed E-state index contributed by atoms with van der Waals surface area (Å²) in [5.74, 6) is -1.07. The van der Waals surface area contributed by atoms with E-state index in [1.165, 1.54) is 17.7 Å². The number of halogens is 2. The van der Waals surface area contributed by atoms with Gasteiger partial charge in [0.25, 0.3) is 0 Å². The molecule has 0 heterocycles. The van der Waals surface area contributed by atoms with Crippen molar-refractivity contribution in [1.82, 2.24) is 0 Å². The quantitative estimate of drug-likeness (QED) is 0.628. The average molecular weight is 272 g/mol. The monoisotopic (exact) mass is 272 g/mol. The van der Waals surface area contributed by atoms with E-state index in [-0.39, 0.29) is 0 Å². The van der Waals surface area contributed by atoms with Gasteiger partial charge >= 0.3 is 0 Å². The van der Waals surface area contributed by atoms with Crippen molar-refractivity contribution in [3.8, 4) is 11.1 Å². The van der Waals surface area contributed by atoms with Gasteiger partial charge in [0, 0.05) is 11.6 Å². The summed E-state index contributed by atoms with van der Waals surface area (Å²) in [7, 11) is 0. The number of aryl methyl sites for hydroxylation is 1. The van der Waals surface area contributed by atoms with Crippen LogP contribution in [0.1, 0.15) is 25.3 Å². The molecule has 0 amide bonds. The molecule has 0 aliphatic heterocycles. The molecule has 104 valence electrons. The number of rotatable bonds is 5. The molecule has 2 rings (SSSR count). The SMILES string of the molecule is CC/C=C/CCc1ccc(-c2ccc(F)cc2F)cc1. The zero-order chi connectivity index (χ0) is 14.4. The van der Waals surface area contributed by atoms with Crippen molar-refractivity contribution in [2.75, 3.05) is 0 Å². The first-order valence-corrected chi connectivity index (χ1v) is 6.90.